The molecule has 0 heterocycles. The van der Waals surface area contributed by atoms with Crippen molar-refractivity contribution in [2.45, 2.75) is 19.1 Å². The number of aryl methyl sites for hydroxylation is 1. The van der Waals surface area contributed by atoms with Gasteiger partial charge in [-0.25, -0.2) is 4.79 Å². The van der Waals surface area contributed by atoms with Crippen LogP contribution in [-0.4, -0.2) is 53.3 Å². The molecule has 0 bridgehead atoms. The number of carbonyl (C=O) groups excluding carboxylic acids is 2. The van der Waals surface area contributed by atoms with Crippen molar-refractivity contribution in [2.24, 2.45) is 0 Å². The number of carbonyl (C=O) groups is 3. The van der Waals surface area contributed by atoms with E-state index < -0.39 is 69.4 Å². The second kappa shape index (κ2) is 6.80. The predicted octanol–water partition coefficient (Wildman–Crippen LogP) is 2.04. The van der Waals surface area contributed by atoms with Crippen LogP contribution in [0.1, 0.15) is 71.1 Å². The van der Waals surface area contributed by atoms with E-state index in [2.05, 4.69) is 0 Å². The van der Waals surface area contributed by atoms with E-state index >= 15 is 0 Å². The first-order valence-electron chi connectivity index (χ1n) is 9.97. The van der Waals surface area contributed by atoms with Crippen molar-refractivity contribution in [1.29, 1.82) is 0 Å². The number of phenolic OH excluding ortho intramolecular Hbond substituents is 3. The fourth-order valence-corrected chi connectivity index (χ4v) is 4.83. The van der Waals surface area contributed by atoms with E-state index in [1.54, 1.807) is 0 Å². The molecule has 172 valence electrons. The van der Waals surface area contributed by atoms with Crippen LogP contribution in [0.4, 0.5) is 0 Å². The summed E-state index contributed by atoms with van der Waals surface area (Å²) in [4.78, 5) is 38.1. The molecule has 0 saturated carbocycles. The Kier molecular flexibility index (Phi) is 4.28. The zero-order chi connectivity index (χ0) is 24.8. The minimum Gasteiger partial charge on any atom is -0.508 e. The number of aliphatic hydroxyl groups excluding tert-OH is 2. The Morgan fingerprint density at radius 2 is 1.26 bits per heavy atom. The average molecular weight is 464 g/mol. The summed E-state index contributed by atoms with van der Waals surface area (Å²) in [5.74, 6) is -6.08. The van der Waals surface area contributed by atoms with Crippen LogP contribution in [0.3, 0.4) is 0 Å². The van der Waals surface area contributed by atoms with Crippen LogP contribution in [0.2, 0.25) is 0 Å². The van der Waals surface area contributed by atoms with Crippen LogP contribution < -0.4 is 0 Å². The minimum absolute atomic E-state index is 0.0828. The molecule has 10 heteroatoms. The molecule has 0 unspecified atom stereocenters. The molecule has 2 aliphatic carbocycles. The Morgan fingerprint density at radius 3 is 1.88 bits per heavy atom. The van der Waals surface area contributed by atoms with Gasteiger partial charge in [0.15, 0.2) is 11.6 Å². The highest BCUT2D eigenvalue weighted by molar-refractivity contribution is 6.31. The third kappa shape index (κ3) is 2.54. The molecular weight excluding hydrogens is 448 g/mol. The second-order valence-corrected chi connectivity index (χ2v) is 8.23. The van der Waals surface area contributed by atoms with E-state index in [4.69, 9.17) is 0 Å². The zero-order valence-electron chi connectivity index (χ0n) is 17.3. The Balaban J connectivity index is 1.90. The lowest BCUT2D eigenvalue weighted by Crippen LogP contribution is -2.25. The number of carboxylic acid groups (broad SMARTS) is 1. The van der Waals surface area contributed by atoms with Crippen molar-refractivity contribution in [3.05, 3.63) is 68.8 Å². The van der Waals surface area contributed by atoms with E-state index in [0.29, 0.717) is 0 Å². The topological polar surface area (TPSA) is 193 Å². The Bertz CT molecular complexity index is 1500. The fourth-order valence-electron chi connectivity index (χ4n) is 4.83. The first kappa shape index (κ1) is 21.4. The third-order valence-electron chi connectivity index (χ3n) is 6.31. The van der Waals surface area contributed by atoms with E-state index in [9.17, 15) is 50.1 Å². The van der Waals surface area contributed by atoms with Crippen LogP contribution in [0, 0.1) is 6.92 Å². The molecule has 0 fully saturated rings. The van der Waals surface area contributed by atoms with Crippen molar-refractivity contribution < 1.29 is 50.1 Å². The van der Waals surface area contributed by atoms with Crippen LogP contribution in [0.15, 0.2) is 24.3 Å². The van der Waals surface area contributed by atoms with E-state index in [1.807, 2.05) is 0 Å². The number of ketones is 2. The van der Waals surface area contributed by atoms with Gasteiger partial charge in [-0.2, -0.15) is 0 Å². The number of aromatic hydroxyl groups is 4. The van der Waals surface area contributed by atoms with Crippen LogP contribution in [-0.2, 0) is 0 Å². The van der Waals surface area contributed by atoms with Crippen molar-refractivity contribution in [3.8, 4) is 34.1 Å². The van der Waals surface area contributed by atoms with Gasteiger partial charge >= 0.3 is 5.97 Å². The Labute approximate surface area is 190 Å². The van der Waals surface area contributed by atoms with Crippen molar-refractivity contribution in [3.63, 3.8) is 0 Å². The second-order valence-electron chi connectivity index (χ2n) is 8.23. The first-order chi connectivity index (χ1) is 16.0. The average Bonchev–Trinajstić information content (AvgIpc) is 2.74. The molecule has 10 nitrogen and oxygen atoms in total. The summed E-state index contributed by atoms with van der Waals surface area (Å²) in [5, 5.41) is 72.9. The van der Waals surface area contributed by atoms with Crippen molar-refractivity contribution in [2.75, 3.05) is 0 Å². The van der Waals surface area contributed by atoms with Gasteiger partial charge in [-0.1, -0.05) is 6.07 Å². The molecule has 0 aromatic heterocycles. The lowest BCUT2D eigenvalue weighted by atomic mass is 9.74. The number of benzene rings is 3. The number of carboxylic acids is 1. The van der Waals surface area contributed by atoms with Crippen LogP contribution in [0.25, 0.3) is 11.1 Å². The smallest absolute Gasteiger partial charge is 0.339 e. The first-order valence-corrected chi connectivity index (χ1v) is 9.97. The molecule has 0 saturated heterocycles. The number of fused-ring (bicyclic) bond motifs is 5. The summed E-state index contributed by atoms with van der Waals surface area (Å²) < 4.78 is 0. The maximum absolute atomic E-state index is 13.2. The molecule has 0 spiro atoms. The monoisotopic (exact) mass is 464 g/mol. The maximum atomic E-state index is 13.2. The predicted molar refractivity (Wildman–Crippen MR) is 113 cm³/mol. The number of phenols is 4. The Hall–Kier alpha value is -4.41. The van der Waals surface area contributed by atoms with Gasteiger partial charge in [0, 0.05) is 28.3 Å². The third-order valence-corrected chi connectivity index (χ3v) is 6.31. The number of hydrogen-bond donors (Lipinski definition) is 7. The van der Waals surface area contributed by atoms with Crippen molar-refractivity contribution in [1.82, 2.24) is 0 Å². The quantitative estimate of drug-likeness (QED) is 0.219. The SMILES string of the molecule is Cc1cc2c(c(O)c1C(=O)O)-c1c(cc3c(c1O)C(=O)c1cc(O)cc(O)c1C3=O)[C@@H](O)[C@@H]2O. The minimum atomic E-state index is -1.70. The lowest BCUT2D eigenvalue weighted by Gasteiger charge is -2.33. The normalized spacial score (nSPS) is 18.1. The summed E-state index contributed by atoms with van der Waals surface area (Å²) in [6.07, 6.45) is -3.36. The molecule has 2 aliphatic rings. The highest BCUT2D eigenvalue weighted by Crippen LogP contribution is 2.55. The van der Waals surface area contributed by atoms with Crippen molar-refractivity contribution >= 4 is 17.5 Å². The summed E-state index contributed by atoms with van der Waals surface area (Å²) in [6.45, 7) is 1.38. The van der Waals surface area contributed by atoms with Gasteiger partial charge in [-0.15, -0.1) is 0 Å². The standard InChI is InChI=1S/C24H16O10/c1-6-2-8-15(22(31)13(6)24(33)34)16-10(21(30)20(8)29)5-11-17(23(16)32)19(28)9-3-7(25)4-12(26)14(9)18(11)27/h2-5,20-21,25-26,29-32H,1H3,(H,33,34)/t20-,21-/m1/s1. The summed E-state index contributed by atoms with van der Waals surface area (Å²) in [5.41, 5.74) is -3.04. The maximum Gasteiger partial charge on any atom is 0.339 e. The van der Waals surface area contributed by atoms with Gasteiger partial charge in [0.25, 0.3) is 0 Å². The number of aromatic carboxylic acids is 1. The summed E-state index contributed by atoms with van der Waals surface area (Å²) >= 11 is 0. The van der Waals surface area contributed by atoms with Gasteiger partial charge in [-0.05, 0) is 35.7 Å². The molecule has 0 radical (unpaired) electrons. The van der Waals surface area contributed by atoms with Gasteiger partial charge in [-0.3, -0.25) is 9.59 Å². The molecule has 7 N–H and O–H groups in total. The molecule has 2 atom stereocenters. The summed E-state index contributed by atoms with van der Waals surface area (Å²) in [7, 11) is 0. The number of hydrogen-bond acceptors (Lipinski definition) is 9. The fraction of sp³-hybridized carbons (Fsp3) is 0.125. The van der Waals surface area contributed by atoms with E-state index in [-0.39, 0.29) is 38.9 Å². The molecule has 3 aromatic carbocycles. The molecule has 0 aliphatic heterocycles. The van der Waals surface area contributed by atoms with Crippen LogP contribution in [0.5, 0.6) is 23.0 Å². The van der Waals surface area contributed by atoms with Gasteiger partial charge in [0.05, 0.1) is 11.1 Å². The Morgan fingerprint density at radius 1 is 0.735 bits per heavy atom. The molecular formula is C24H16O10. The van der Waals surface area contributed by atoms with Gasteiger partial charge in [0.1, 0.15) is 40.8 Å². The number of aliphatic hydroxyl groups is 2. The number of rotatable bonds is 1. The lowest BCUT2D eigenvalue weighted by molar-refractivity contribution is 0.0154. The summed E-state index contributed by atoms with van der Waals surface area (Å²) in [6, 6.07) is 4.12. The molecule has 3 aromatic rings. The molecule has 0 amide bonds. The highest BCUT2D eigenvalue weighted by atomic mass is 16.4. The van der Waals surface area contributed by atoms with Gasteiger partial charge in [0.2, 0.25) is 0 Å². The zero-order valence-corrected chi connectivity index (χ0v) is 17.3. The highest BCUT2D eigenvalue weighted by Gasteiger charge is 2.42. The van der Waals surface area contributed by atoms with E-state index in [0.717, 1.165) is 18.2 Å². The molecule has 34 heavy (non-hydrogen) atoms. The van der Waals surface area contributed by atoms with Crippen LogP contribution >= 0.6 is 0 Å². The largest absolute Gasteiger partial charge is 0.508 e. The van der Waals surface area contributed by atoms with Gasteiger partial charge < -0.3 is 35.7 Å². The van der Waals surface area contributed by atoms with E-state index in [1.165, 1.54) is 13.0 Å². The molecule has 5 rings (SSSR count).